The second-order valence-corrected chi connectivity index (χ2v) is 6.98. The van der Waals surface area contributed by atoms with Gasteiger partial charge in [0.1, 0.15) is 5.75 Å². The maximum atomic E-state index is 12.5. The van der Waals surface area contributed by atoms with Gasteiger partial charge in [-0.15, -0.1) is 0 Å². The van der Waals surface area contributed by atoms with E-state index >= 15 is 0 Å². The minimum Gasteiger partial charge on any atom is -0.492 e. The fraction of sp³-hybridized carbons (Fsp3) is 0.556. The topological polar surface area (TPSA) is 49.9 Å². The number of ether oxygens (including phenoxy) is 1. The van der Waals surface area contributed by atoms with Crippen molar-refractivity contribution >= 4 is 23.4 Å². The van der Waals surface area contributed by atoms with Crippen LogP contribution < -0.4 is 4.74 Å². The minimum atomic E-state index is -0.187. The zero-order valence-electron chi connectivity index (χ0n) is 13.9. The standard InChI is InChI=1S/C18H23ClN2O3/c1-20(9-4-10-24-16-6-3-2-5-15(16)19)18(23)13-11-17(22)21(12-13)14-7-8-14/h2-3,5-6,13-14H,4,7-12H2,1H3/t13-/m0/s1. The number of carbonyl (C=O) groups excluding carboxylic acids is 2. The molecule has 1 aromatic carbocycles. The molecule has 1 heterocycles. The number of halogens is 1. The molecule has 2 amide bonds. The van der Waals surface area contributed by atoms with E-state index in [4.69, 9.17) is 16.3 Å². The number of hydrogen-bond donors (Lipinski definition) is 0. The number of benzene rings is 1. The molecule has 0 N–H and O–H groups in total. The van der Waals surface area contributed by atoms with Gasteiger partial charge < -0.3 is 14.5 Å². The number of nitrogens with zero attached hydrogens (tertiary/aromatic N) is 2. The number of carbonyl (C=O) groups is 2. The minimum absolute atomic E-state index is 0.0595. The molecule has 0 spiro atoms. The molecule has 0 radical (unpaired) electrons. The Balaban J connectivity index is 1.40. The lowest BCUT2D eigenvalue weighted by molar-refractivity contribution is -0.134. The predicted molar refractivity (Wildman–Crippen MR) is 92.0 cm³/mol. The second-order valence-electron chi connectivity index (χ2n) is 6.57. The van der Waals surface area contributed by atoms with Crippen LogP contribution in [0.3, 0.4) is 0 Å². The molecule has 1 aliphatic carbocycles. The molecule has 0 unspecified atom stereocenters. The third-order valence-corrected chi connectivity index (χ3v) is 4.92. The molecule has 2 fully saturated rings. The number of rotatable bonds is 7. The van der Waals surface area contributed by atoms with Crippen LogP contribution in [0.25, 0.3) is 0 Å². The van der Waals surface area contributed by atoms with E-state index in [1.807, 2.05) is 23.1 Å². The monoisotopic (exact) mass is 350 g/mol. The third-order valence-electron chi connectivity index (χ3n) is 4.60. The van der Waals surface area contributed by atoms with Gasteiger partial charge in [0.25, 0.3) is 0 Å². The fourth-order valence-electron chi connectivity index (χ4n) is 3.10. The second kappa shape index (κ2) is 7.43. The highest BCUT2D eigenvalue weighted by Gasteiger charge is 2.42. The van der Waals surface area contributed by atoms with Crippen molar-refractivity contribution < 1.29 is 14.3 Å². The molecule has 0 aromatic heterocycles. The average Bonchev–Trinajstić information content (AvgIpc) is 3.34. The summed E-state index contributed by atoms with van der Waals surface area (Å²) < 4.78 is 5.63. The van der Waals surface area contributed by atoms with Crippen LogP contribution in [-0.4, -0.2) is 54.4 Å². The quantitative estimate of drug-likeness (QED) is 0.710. The molecule has 3 rings (SSSR count). The van der Waals surface area contributed by atoms with Crippen molar-refractivity contribution in [1.82, 2.24) is 9.80 Å². The molecule has 1 saturated carbocycles. The van der Waals surface area contributed by atoms with Gasteiger partial charge >= 0.3 is 0 Å². The summed E-state index contributed by atoms with van der Waals surface area (Å²) in [7, 11) is 1.79. The molecule has 130 valence electrons. The van der Waals surface area contributed by atoms with Crippen molar-refractivity contribution in [3.63, 3.8) is 0 Å². The van der Waals surface area contributed by atoms with Crippen molar-refractivity contribution in [2.24, 2.45) is 5.92 Å². The summed E-state index contributed by atoms with van der Waals surface area (Å²) in [5.41, 5.74) is 0. The summed E-state index contributed by atoms with van der Waals surface area (Å²) in [6.45, 7) is 1.69. The Labute approximate surface area is 147 Å². The van der Waals surface area contributed by atoms with Gasteiger partial charge in [-0.2, -0.15) is 0 Å². The number of amides is 2. The number of hydrogen-bond acceptors (Lipinski definition) is 3. The van der Waals surface area contributed by atoms with Gasteiger partial charge in [0, 0.05) is 32.6 Å². The SMILES string of the molecule is CN(CCCOc1ccccc1Cl)C(=O)[C@H]1CC(=O)N(C2CC2)C1. The summed E-state index contributed by atoms with van der Waals surface area (Å²) in [4.78, 5) is 28.0. The van der Waals surface area contributed by atoms with E-state index in [-0.39, 0.29) is 17.7 Å². The van der Waals surface area contributed by atoms with Crippen LogP contribution in [0.15, 0.2) is 24.3 Å². The highest BCUT2D eigenvalue weighted by Crippen LogP contribution is 2.33. The molecular formula is C18H23ClN2O3. The smallest absolute Gasteiger partial charge is 0.227 e. The van der Waals surface area contributed by atoms with Gasteiger partial charge in [-0.25, -0.2) is 0 Å². The molecule has 1 saturated heterocycles. The first-order chi connectivity index (χ1) is 11.6. The summed E-state index contributed by atoms with van der Waals surface area (Å²) >= 11 is 6.03. The molecule has 1 atom stereocenters. The highest BCUT2D eigenvalue weighted by molar-refractivity contribution is 6.32. The fourth-order valence-corrected chi connectivity index (χ4v) is 3.29. The summed E-state index contributed by atoms with van der Waals surface area (Å²) in [5, 5.41) is 0.589. The average molecular weight is 351 g/mol. The molecule has 5 nitrogen and oxygen atoms in total. The Morgan fingerprint density at radius 3 is 2.83 bits per heavy atom. The predicted octanol–water partition coefficient (Wildman–Crippen LogP) is 2.58. The zero-order valence-corrected chi connectivity index (χ0v) is 14.7. The van der Waals surface area contributed by atoms with Crippen molar-refractivity contribution in [2.45, 2.75) is 31.7 Å². The molecule has 1 aliphatic heterocycles. The number of likely N-dealkylation sites (tertiary alicyclic amines) is 1. The van der Waals surface area contributed by atoms with Gasteiger partial charge in [0.05, 0.1) is 17.5 Å². The van der Waals surface area contributed by atoms with E-state index in [9.17, 15) is 9.59 Å². The van der Waals surface area contributed by atoms with Crippen LogP contribution >= 0.6 is 11.6 Å². The van der Waals surface area contributed by atoms with Crippen molar-refractivity contribution in [3.8, 4) is 5.75 Å². The van der Waals surface area contributed by atoms with Crippen LogP contribution in [0.4, 0.5) is 0 Å². The Hall–Kier alpha value is -1.75. The first-order valence-electron chi connectivity index (χ1n) is 8.48. The van der Waals surface area contributed by atoms with E-state index in [1.54, 1.807) is 18.0 Å². The summed E-state index contributed by atoms with van der Waals surface area (Å²) in [6, 6.07) is 7.74. The van der Waals surface area contributed by atoms with Gasteiger partial charge in [0.15, 0.2) is 0 Å². The third kappa shape index (κ3) is 4.01. The van der Waals surface area contributed by atoms with Gasteiger partial charge in [-0.3, -0.25) is 9.59 Å². The normalized spacial score (nSPS) is 20.3. The first kappa shape index (κ1) is 17.1. The largest absolute Gasteiger partial charge is 0.492 e. The van der Waals surface area contributed by atoms with E-state index in [2.05, 4.69) is 0 Å². The first-order valence-corrected chi connectivity index (χ1v) is 8.86. The van der Waals surface area contributed by atoms with Crippen LogP contribution in [0.5, 0.6) is 5.75 Å². The molecule has 2 aliphatic rings. The van der Waals surface area contributed by atoms with Crippen LogP contribution in [0, 0.1) is 5.92 Å². The number of para-hydroxylation sites is 1. The zero-order chi connectivity index (χ0) is 17.1. The lowest BCUT2D eigenvalue weighted by Gasteiger charge is -2.21. The highest BCUT2D eigenvalue weighted by atomic mass is 35.5. The molecule has 0 bridgehead atoms. The lowest BCUT2D eigenvalue weighted by Crippen LogP contribution is -2.36. The Morgan fingerprint density at radius 2 is 2.12 bits per heavy atom. The van der Waals surface area contributed by atoms with Gasteiger partial charge in [-0.1, -0.05) is 23.7 Å². The molecule has 24 heavy (non-hydrogen) atoms. The summed E-state index contributed by atoms with van der Waals surface area (Å²) in [6.07, 6.45) is 3.25. The van der Waals surface area contributed by atoms with Gasteiger partial charge in [-0.05, 0) is 31.4 Å². The van der Waals surface area contributed by atoms with Crippen LogP contribution in [0.2, 0.25) is 5.02 Å². The van der Waals surface area contributed by atoms with Crippen molar-refractivity contribution in [3.05, 3.63) is 29.3 Å². The van der Waals surface area contributed by atoms with E-state index in [0.29, 0.717) is 42.9 Å². The van der Waals surface area contributed by atoms with Crippen LogP contribution in [-0.2, 0) is 9.59 Å². The van der Waals surface area contributed by atoms with E-state index in [1.165, 1.54) is 0 Å². The molecule has 1 aromatic rings. The lowest BCUT2D eigenvalue weighted by atomic mass is 10.1. The molecule has 6 heteroatoms. The Bertz CT molecular complexity index is 618. The maximum Gasteiger partial charge on any atom is 0.227 e. The van der Waals surface area contributed by atoms with Crippen LogP contribution in [0.1, 0.15) is 25.7 Å². The van der Waals surface area contributed by atoms with Gasteiger partial charge in [0.2, 0.25) is 11.8 Å². The Kier molecular flexibility index (Phi) is 5.29. The van der Waals surface area contributed by atoms with E-state index < -0.39 is 0 Å². The van der Waals surface area contributed by atoms with Crippen molar-refractivity contribution in [2.75, 3.05) is 26.7 Å². The molecular weight excluding hydrogens is 328 g/mol. The summed E-state index contributed by atoms with van der Waals surface area (Å²) in [5.74, 6) is 0.665. The maximum absolute atomic E-state index is 12.5. The van der Waals surface area contributed by atoms with E-state index in [0.717, 1.165) is 19.3 Å². The Morgan fingerprint density at radius 1 is 1.38 bits per heavy atom. The van der Waals surface area contributed by atoms with Crippen molar-refractivity contribution in [1.29, 1.82) is 0 Å².